The summed E-state index contributed by atoms with van der Waals surface area (Å²) in [6.07, 6.45) is 0.565. The van der Waals surface area contributed by atoms with Crippen LogP contribution in [0.15, 0.2) is 0 Å². The summed E-state index contributed by atoms with van der Waals surface area (Å²) in [7, 11) is 4.13. The van der Waals surface area contributed by atoms with Crippen molar-refractivity contribution in [2.75, 3.05) is 21.3 Å². The highest BCUT2D eigenvalue weighted by molar-refractivity contribution is 5.71. The minimum absolute atomic E-state index is 0.157. The summed E-state index contributed by atoms with van der Waals surface area (Å²) in [5.74, 6) is -0.654. The van der Waals surface area contributed by atoms with E-state index in [4.69, 9.17) is 4.74 Å². The Hall–Kier alpha value is -1.10. The van der Waals surface area contributed by atoms with Crippen LogP contribution in [0.2, 0.25) is 0 Å². The predicted molar refractivity (Wildman–Crippen MR) is 48.7 cm³/mol. The molecule has 0 bridgehead atoms. The first-order valence-electron chi connectivity index (χ1n) is 4.30. The summed E-state index contributed by atoms with van der Waals surface area (Å²) < 4.78 is 14.0. The maximum Gasteiger partial charge on any atom is 0.308 e. The van der Waals surface area contributed by atoms with Gasteiger partial charge < -0.3 is 14.2 Å². The van der Waals surface area contributed by atoms with Gasteiger partial charge in [-0.1, -0.05) is 0 Å². The van der Waals surface area contributed by atoms with Crippen LogP contribution >= 0.6 is 0 Å². The highest BCUT2D eigenvalue weighted by atomic mass is 16.5. The summed E-state index contributed by atoms with van der Waals surface area (Å²) in [6, 6.07) is 0. The quantitative estimate of drug-likeness (QED) is 0.590. The molecule has 0 radical (unpaired) electrons. The van der Waals surface area contributed by atoms with Crippen molar-refractivity contribution in [1.29, 1.82) is 0 Å². The Kier molecular flexibility index (Phi) is 6.74. The molecule has 14 heavy (non-hydrogen) atoms. The lowest BCUT2D eigenvalue weighted by molar-refractivity contribution is -0.145. The number of methoxy groups -OCH3 is 3. The molecule has 0 N–H and O–H groups in total. The van der Waals surface area contributed by atoms with Gasteiger partial charge in [-0.3, -0.25) is 9.59 Å². The zero-order valence-corrected chi connectivity index (χ0v) is 8.74. The van der Waals surface area contributed by atoms with E-state index in [0.29, 0.717) is 6.42 Å². The first kappa shape index (κ1) is 12.9. The average Bonchev–Trinajstić information content (AvgIpc) is 2.22. The Bertz CT molecular complexity index is 190. The summed E-state index contributed by atoms with van der Waals surface area (Å²) in [5, 5.41) is 0. The predicted octanol–water partition coefficient (Wildman–Crippen LogP) is 0.518. The largest absolute Gasteiger partial charge is 0.469 e. The molecule has 82 valence electrons. The van der Waals surface area contributed by atoms with Gasteiger partial charge in [0.15, 0.2) is 0 Å². The fraction of sp³-hybridized carbons (Fsp3) is 0.778. The molecule has 5 heteroatoms. The van der Waals surface area contributed by atoms with Crippen molar-refractivity contribution < 1.29 is 23.8 Å². The lowest BCUT2D eigenvalue weighted by atomic mass is 10.1. The number of hydrogen-bond acceptors (Lipinski definition) is 5. The summed E-state index contributed by atoms with van der Waals surface area (Å²) >= 11 is 0. The Morgan fingerprint density at radius 3 is 2.07 bits per heavy atom. The minimum Gasteiger partial charge on any atom is -0.469 e. The molecular formula is C9H16O5. The number of hydrogen-bond donors (Lipinski definition) is 0. The van der Waals surface area contributed by atoms with Crippen molar-refractivity contribution in [2.24, 2.45) is 0 Å². The van der Waals surface area contributed by atoms with Crippen molar-refractivity contribution in [3.8, 4) is 0 Å². The third-order valence-electron chi connectivity index (χ3n) is 1.85. The van der Waals surface area contributed by atoms with E-state index in [9.17, 15) is 9.59 Å². The van der Waals surface area contributed by atoms with Crippen LogP contribution in [0.1, 0.15) is 19.3 Å². The smallest absolute Gasteiger partial charge is 0.308 e. The molecule has 0 saturated carbocycles. The van der Waals surface area contributed by atoms with E-state index < -0.39 is 0 Å². The van der Waals surface area contributed by atoms with E-state index in [2.05, 4.69) is 9.47 Å². The standard InChI is InChI=1S/C9H16O5/c1-12-7(6-9(11)14-3)4-5-8(10)13-2/h7H,4-6H2,1-3H3/t7-/m1/s1. The molecule has 0 aliphatic heterocycles. The molecule has 0 heterocycles. The summed E-state index contributed by atoms with van der Waals surface area (Å²) in [5.41, 5.74) is 0. The molecule has 0 aromatic rings. The second-order valence-electron chi connectivity index (χ2n) is 2.75. The monoisotopic (exact) mass is 204 g/mol. The lowest BCUT2D eigenvalue weighted by Crippen LogP contribution is -2.18. The first-order chi connectivity index (χ1) is 6.63. The van der Waals surface area contributed by atoms with Crippen molar-refractivity contribution in [3.63, 3.8) is 0 Å². The van der Waals surface area contributed by atoms with Gasteiger partial charge in [0, 0.05) is 13.5 Å². The molecule has 0 aliphatic carbocycles. The number of ether oxygens (including phenoxy) is 3. The highest BCUT2D eigenvalue weighted by Crippen LogP contribution is 2.07. The first-order valence-corrected chi connectivity index (χ1v) is 4.30. The summed E-state index contributed by atoms with van der Waals surface area (Å²) in [4.78, 5) is 21.7. The second-order valence-corrected chi connectivity index (χ2v) is 2.75. The molecule has 0 amide bonds. The van der Waals surface area contributed by atoms with E-state index >= 15 is 0 Å². The van der Waals surface area contributed by atoms with Crippen molar-refractivity contribution in [2.45, 2.75) is 25.4 Å². The Balaban J connectivity index is 3.79. The molecule has 0 rings (SSSR count). The van der Waals surface area contributed by atoms with Gasteiger partial charge in [-0.05, 0) is 6.42 Å². The van der Waals surface area contributed by atoms with Crippen molar-refractivity contribution in [3.05, 3.63) is 0 Å². The third kappa shape index (κ3) is 5.53. The molecule has 0 unspecified atom stereocenters. The average molecular weight is 204 g/mol. The Morgan fingerprint density at radius 1 is 1.07 bits per heavy atom. The third-order valence-corrected chi connectivity index (χ3v) is 1.85. The fourth-order valence-electron chi connectivity index (χ4n) is 0.953. The van der Waals surface area contributed by atoms with Gasteiger partial charge >= 0.3 is 11.9 Å². The fourth-order valence-corrected chi connectivity index (χ4v) is 0.953. The van der Waals surface area contributed by atoms with Gasteiger partial charge in [0.25, 0.3) is 0 Å². The topological polar surface area (TPSA) is 61.8 Å². The molecule has 5 nitrogen and oxygen atoms in total. The number of carbonyl (C=O) groups excluding carboxylic acids is 2. The summed E-state index contributed by atoms with van der Waals surface area (Å²) in [6.45, 7) is 0. The van der Waals surface area contributed by atoms with Crippen LogP contribution in [-0.4, -0.2) is 39.4 Å². The zero-order valence-electron chi connectivity index (χ0n) is 8.74. The molecular weight excluding hydrogens is 188 g/mol. The van der Waals surface area contributed by atoms with Gasteiger partial charge in [-0.15, -0.1) is 0 Å². The molecule has 0 aliphatic rings. The number of rotatable bonds is 6. The van der Waals surface area contributed by atoms with Crippen LogP contribution in [0.5, 0.6) is 0 Å². The number of esters is 2. The zero-order chi connectivity index (χ0) is 11.0. The molecule has 1 atom stereocenters. The van der Waals surface area contributed by atoms with Crippen LogP contribution in [0.4, 0.5) is 0 Å². The van der Waals surface area contributed by atoms with Crippen LogP contribution in [-0.2, 0) is 23.8 Å². The molecule has 0 aromatic heterocycles. The Labute approximate surface area is 83.3 Å². The van der Waals surface area contributed by atoms with Crippen LogP contribution in [0, 0.1) is 0 Å². The van der Waals surface area contributed by atoms with Gasteiger partial charge in [-0.2, -0.15) is 0 Å². The van der Waals surface area contributed by atoms with Gasteiger partial charge in [0.05, 0.1) is 26.7 Å². The SMILES string of the molecule is COC(=O)CC[C@H](CC(=O)OC)OC. The second kappa shape index (κ2) is 7.32. The van der Waals surface area contributed by atoms with Crippen LogP contribution in [0.25, 0.3) is 0 Å². The van der Waals surface area contributed by atoms with Gasteiger partial charge in [0.2, 0.25) is 0 Å². The van der Waals surface area contributed by atoms with Crippen LogP contribution in [0.3, 0.4) is 0 Å². The van der Waals surface area contributed by atoms with E-state index in [-0.39, 0.29) is 30.9 Å². The lowest BCUT2D eigenvalue weighted by Gasteiger charge is -2.12. The van der Waals surface area contributed by atoms with Gasteiger partial charge in [-0.25, -0.2) is 0 Å². The molecule has 0 spiro atoms. The maximum atomic E-state index is 10.9. The molecule has 0 fully saturated rings. The minimum atomic E-state index is -0.346. The van der Waals surface area contributed by atoms with Crippen LogP contribution < -0.4 is 0 Å². The Morgan fingerprint density at radius 2 is 1.64 bits per heavy atom. The van der Waals surface area contributed by atoms with E-state index in [1.54, 1.807) is 0 Å². The maximum absolute atomic E-state index is 10.9. The number of carbonyl (C=O) groups is 2. The van der Waals surface area contributed by atoms with E-state index in [1.807, 2.05) is 0 Å². The highest BCUT2D eigenvalue weighted by Gasteiger charge is 2.15. The normalized spacial score (nSPS) is 11.9. The molecule has 0 aromatic carbocycles. The van der Waals surface area contributed by atoms with Gasteiger partial charge in [0.1, 0.15) is 0 Å². The van der Waals surface area contributed by atoms with Crippen molar-refractivity contribution >= 4 is 11.9 Å². The van der Waals surface area contributed by atoms with E-state index in [1.165, 1.54) is 21.3 Å². The molecule has 0 saturated heterocycles. The van der Waals surface area contributed by atoms with E-state index in [0.717, 1.165) is 0 Å². The van der Waals surface area contributed by atoms with Crippen molar-refractivity contribution in [1.82, 2.24) is 0 Å².